The molecule has 11 heavy (non-hydrogen) atoms. The first kappa shape index (κ1) is 10.0. The first-order chi connectivity index (χ1) is 4.87. The fourth-order valence-corrected chi connectivity index (χ4v) is 0.408. The lowest BCUT2D eigenvalue weighted by Gasteiger charge is -2.22. The Balaban J connectivity index is 3.98. The fourth-order valence-electron chi connectivity index (χ4n) is 0.408. The van der Waals surface area contributed by atoms with E-state index in [0.717, 1.165) is 0 Å². The Hall–Kier alpha value is -0.990. The molecular formula is C8H15NO2. The van der Waals surface area contributed by atoms with Gasteiger partial charge in [0.1, 0.15) is 5.60 Å². The van der Waals surface area contributed by atoms with Crippen LogP contribution in [0.3, 0.4) is 0 Å². The fraction of sp³-hybridized carbons (Fsp3) is 0.625. The molecule has 0 aromatic carbocycles. The van der Waals surface area contributed by atoms with Crippen molar-refractivity contribution in [3.63, 3.8) is 0 Å². The summed E-state index contributed by atoms with van der Waals surface area (Å²) in [6.07, 6.45) is 1.03. The van der Waals surface area contributed by atoms with Gasteiger partial charge in [-0.3, -0.25) is 4.90 Å². The molecule has 3 heteroatoms. The molecule has 64 valence electrons. The highest BCUT2D eigenvalue weighted by molar-refractivity contribution is 5.68. The van der Waals surface area contributed by atoms with Gasteiger partial charge in [0.05, 0.1) is 0 Å². The number of amides is 1. The van der Waals surface area contributed by atoms with Crippen molar-refractivity contribution in [2.45, 2.75) is 26.4 Å². The van der Waals surface area contributed by atoms with Crippen molar-refractivity contribution in [2.75, 3.05) is 7.05 Å². The van der Waals surface area contributed by atoms with Gasteiger partial charge in [0.2, 0.25) is 0 Å². The molecule has 1 amide bonds. The van der Waals surface area contributed by atoms with Crippen molar-refractivity contribution in [3.8, 4) is 0 Å². The minimum absolute atomic E-state index is 0.382. The van der Waals surface area contributed by atoms with Crippen LogP contribution >= 0.6 is 0 Å². The molecule has 0 unspecified atom stereocenters. The van der Waals surface area contributed by atoms with Crippen LogP contribution in [0, 0.1) is 0 Å². The molecule has 0 aromatic rings. The molecule has 0 aliphatic rings. The molecule has 0 heterocycles. The van der Waals surface area contributed by atoms with E-state index in [1.165, 1.54) is 11.1 Å². The maximum Gasteiger partial charge on any atom is 0.414 e. The summed E-state index contributed by atoms with van der Waals surface area (Å²) in [7, 11) is 1.60. The minimum atomic E-state index is -0.436. The van der Waals surface area contributed by atoms with Gasteiger partial charge in [-0.15, -0.1) is 0 Å². The second-order valence-corrected chi connectivity index (χ2v) is 3.27. The summed E-state index contributed by atoms with van der Waals surface area (Å²) in [5.41, 5.74) is -0.436. The van der Waals surface area contributed by atoms with E-state index in [1.54, 1.807) is 7.05 Å². The molecule has 0 saturated heterocycles. The van der Waals surface area contributed by atoms with Crippen LogP contribution in [0.15, 0.2) is 12.8 Å². The summed E-state index contributed by atoms with van der Waals surface area (Å²) in [5, 5.41) is 0. The van der Waals surface area contributed by atoms with Gasteiger partial charge in [-0.05, 0) is 20.8 Å². The first-order valence-corrected chi connectivity index (χ1v) is 3.45. The van der Waals surface area contributed by atoms with Gasteiger partial charge in [0.15, 0.2) is 0 Å². The number of carbonyl (C=O) groups excluding carboxylic acids is 1. The molecule has 3 nitrogen and oxygen atoms in total. The number of hydrogen-bond acceptors (Lipinski definition) is 2. The van der Waals surface area contributed by atoms with Gasteiger partial charge < -0.3 is 4.74 Å². The van der Waals surface area contributed by atoms with Crippen molar-refractivity contribution >= 4 is 6.09 Å². The number of hydrogen-bond donors (Lipinski definition) is 0. The molecule has 0 saturated carbocycles. The molecule has 0 spiro atoms. The van der Waals surface area contributed by atoms with Gasteiger partial charge in [-0.25, -0.2) is 4.79 Å². The molecule has 0 N–H and O–H groups in total. The summed E-state index contributed by atoms with van der Waals surface area (Å²) < 4.78 is 5.01. The summed E-state index contributed by atoms with van der Waals surface area (Å²) in [5.74, 6) is 0. The zero-order valence-electron chi connectivity index (χ0n) is 7.55. The van der Waals surface area contributed by atoms with Crippen LogP contribution in [0.25, 0.3) is 0 Å². The van der Waals surface area contributed by atoms with Crippen molar-refractivity contribution < 1.29 is 9.53 Å². The molecule has 0 fully saturated rings. The summed E-state index contributed by atoms with van der Waals surface area (Å²) in [6, 6.07) is 0. The standard InChI is InChI=1S/C8H15NO2/c1-6-9(5)7(10)11-8(2,3)4/h6H,1H2,2-5H3. The molecular weight excluding hydrogens is 142 g/mol. The predicted octanol–water partition coefficient (Wildman–Crippen LogP) is 2.00. The Bertz CT molecular complexity index is 158. The lowest BCUT2D eigenvalue weighted by atomic mass is 10.2. The summed E-state index contributed by atoms with van der Waals surface area (Å²) >= 11 is 0. The summed E-state index contributed by atoms with van der Waals surface area (Å²) in [6.45, 7) is 8.90. The van der Waals surface area contributed by atoms with E-state index in [1.807, 2.05) is 20.8 Å². The number of carbonyl (C=O) groups is 1. The van der Waals surface area contributed by atoms with E-state index in [9.17, 15) is 4.79 Å². The topological polar surface area (TPSA) is 29.5 Å². The van der Waals surface area contributed by atoms with Gasteiger partial charge >= 0.3 is 6.09 Å². The Morgan fingerprint density at radius 3 is 2.27 bits per heavy atom. The zero-order chi connectivity index (χ0) is 9.07. The Morgan fingerprint density at radius 1 is 1.55 bits per heavy atom. The highest BCUT2D eigenvalue weighted by Gasteiger charge is 2.17. The van der Waals surface area contributed by atoms with Crippen LogP contribution in [-0.2, 0) is 4.74 Å². The van der Waals surface area contributed by atoms with E-state index >= 15 is 0 Å². The largest absolute Gasteiger partial charge is 0.443 e. The second-order valence-electron chi connectivity index (χ2n) is 3.27. The number of ether oxygens (including phenoxy) is 1. The van der Waals surface area contributed by atoms with Gasteiger partial charge in [0, 0.05) is 13.2 Å². The van der Waals surface area contributed by atoms with Crippen LogP contribution in [0.1, 0.15) is 20.8 Å². The highest BCUT2D eigenvalue weighted by atomic mass is 16.6. The smallest absolute Gasteiger partial charge is 0.414 e. The van der Waals surface area contributed by atoms with E-state index < -0.39 is 5.60 Å². The van der Waals surface area contributed by atoms with Crippen LogP contribution in [-0.4, -0.2) is 23.6 Å². The lowest BCUT2D eigenvalue weighted by molar-refractivity contribution is 0.0373. The Labute approximate surface area is 67.6 Å². The average molecular weight is 157 g/mol. The SMILES string of the molecule is C=CN(C)C(=O)OC(C)(C)C. The van der Waals surface area contributed by atoms with E-state index in [0.29, 0.717) is 0 Å². The zero-order valence-corrected chi connectivity index (χ0v) is 7.55. The first-order valence-electron chi connectivity index (χ1n) is 3.45. The molecule has 0 radical (unpaired) electrons. The molecule has 0 rings (SSSR count). The third-order valence-corrected chi connectivity index (χ3v) is 0.955. The van der Waals surface area contributed by atoms with Gasteiger partial charge in [-0.1, -0.05) is 6.58 Å². The highest BCUT2D eigenvalue weighted by Crippen LogP contribution is 2.08. The predicted molar refractivity (Wildman–Crippen MR) is 44.2 cm³/mol. The van der Waals surface area contributed by atoms with Crippen molar-refractivity contribution in [1.29, 1.82) is 0 Å². The maximum atomic E-state index is 11.0. The van der Waals surface area contributed by atoms with Gasteiger partial charge in [0.25, 0.3) is 0 Å². The molecule has 0 aliphatic carbocycles. The number of rotatable bonds is 1. The molecule has 0 atom stereocenters. The Morgan fingerprint density at radius 2 is 2.00 bits per heavy atom. The maximum absolute atomic E-state index is 11.0. The van der Waals surface area contributed by atoms with Crippen molar-refractivity contribution in [2.24, 2.45) is 0 Å². The van der Waals surface area contributed by atoms with E-state index in [2.05, 4.69) is 6.58 Å². The second kappa shape index (κ2) is 3.42. The lowest BCUT2D eigenvalue weighted by Crippen LogP contribution is -2.30. The molecule has 0 bridgehead atoms. The van der Waals surface area contributed by atoms with Crippen LogP contribution < -0.4 is 0 Å². The average Bonchev–Trinajstić information content (AvgIpc) is 1.82. The third kappa shape index (κ3) is 4.42. The van der Waals surface area contributed by atoms with Gasteiger partial charge in [-0.2, -0.15) is 0 Å². The summed E-state index contributed by atoms with van der Waals surface area (Å²) in [4.78, 5) is 12.3. The van der Waals surface area contributed by atoms with Crippen LogP contribution in [0.2, 0.25) is 0 Å². The number of nitrogens with zero attached hydrogens (tertiary/aromatic N) is 1. The van der Waals surface area contributed by atoms with E-state index in [4.69, 9.17) is 4.74 Å². The van der Waals surface area contributed by atoms with Crippen molar-refractivity contribution in [3.05, 3.63) is 12.8 Å². The van der Waals surface area contributed by atoms with Crippen LogP contribution in [0.4, 0.5) is 4.79 Å². The third-order valence-electron chi connectivity index (χ3n) is 0.955. The van der Waals surface area contributed by atoms with Crippen LogP contribution in [0.5, 0.6) is 0 Å². The quantitative estimate of drug-likeness (QED) is 0.582. The monoisotopic (exact) mass is 157 g/mol. The molecule has 0 aliphatic heterocycles. The van der Waals surface area contributed by atoms with Crippen molar-refractivity contribution in [1.82, 2.24) is 4.90 Å². The minimum Gasteiger partial charge on any atom is -0.443 e. The normalized spacial score (nSPS) is 10.5. The van der Waals surface area contributed by atoms with E-state index in [-0.39, 0.29) is 6.09 Å². The Kier molecular flexibility index (Phi) is 3.11. The molecule has 0 aromatic heterocycles.